The van der Waals surface area contributed by atoms with Crippen molar-refractivity contribution >= 4 is 10.8 Å². The summed E-state index contributed by atoms with van der Waals surface area (Å²) in [6.45, 7) is 8.79. The molecule has 85 valence electrons. The Kier molecular flexibility index (Phi) is 8.03. The second-order valence-electron chi connectivity index (χ2n) is 3.92. The van der Waals surface area contributed by atoms with Crippen molar-refractivity contribution < 1.29 is 51.0 Å². The van der Waals surface area contributed by atoms with E-state index in [4.69, 9.17) is 0 Å². The quantitative estimate of drug-likeness (QED) is 0.480. The van der Waals surface area contributed by atoms with E-state index in [9.17, 15) is 0 Å². The second kappa shape index (κ2) is 6.89. The molecule has 3 heteroatoms. The molecule has 0 aliphatic rings. The molecule has 0 bridgehead atoms. The van der Waals surface area contributed by atoms with E-state index in [1.807, 2.05) is 0 Å². The first-order valence-corrected chi connectivity index (χ1v) is 4.74. The largest absolute Gasteiger partial charge is 3.00 e. The molecule has 0 aromatic heterocycles. The number of hydrogen-bond acceptors (Lipinski definition) is 0. The number of aryl methyl sites for hydroxylation is 4. The van der Waals surface area contributed by atoms with Crippen LogP contribution >= 0.6 is 0 Å². The van der Waals surface area contributed by atoms with Crippen molar-refractivity contribution in [1.82, 2.24) is 0 Å². The van der Waals surface area contributed by atoms with Gasteiger partial charge >= 0.3 is 26.2 Å². The molecule has 0 saturated heterocycles. The summed E-state index contributed by atoms with van der Waals surface area (Å²) in [4.78, 5) is 0. The summed E-state index contributed by atoms with van der Waals surface area (Å²) >= 11 is 0. The smallest absolute Gasteiger partial charge is 1.00 e. The van der Waals surface area contributed by atoms with Crippen LogP contribution in [-0.4, -0.2) is 0 Å². The van der Waals surface area contributed by atoms with Crippen LogP contribution in [0.25, 0.3) is 10.8 Å². The standard InChI is InChI=1S/C13H15.2ClH.Zr/c1-8-5-6-12-7-9(2)11(4)13(12)10(8)3;;;/h5-7H,1-4H3;2*1H;/q-1;;;+3/p-2. The predicted octanol–water partition coefficient (Wildman–Crippen LogP) is -2.20. The molecular formula is C13H15Cl2Zr. The molecule has 0 amide bonds. The summed E-state index contributed by atoms with van der Waals surface area (Å²) in [5.41, 5.74) is 5.67. The molecule has 1 radical (unpaired) electrons. The van der Waals surface area contributed by atoms with Gasteiger partial charge in [-0.2, -0.15) is 5.56 Å². The van der Waals surface area contributed by atoms with E-state index in [0.717, 1.165) is 0 Å². The van der Waals surface area contributed by atoms with Crippen LogP contribution in [-0.2, 0) is 26.2 Å². The summed E-state index contributed by atoms with van der Waals surface area (Å²) in [7, 11) is 0. The minimum Gasteiger partial charge on any atom is -1.00 e. The first-order chi connectivity index (χ1) is 6.11. The van der Waals surface area contributed by atoms with E-state index in [1.54, 1.807) is 0 Å². The van der Waals surface area contributed by atoms with Gasteiger partial charge in [-0.15, -0.1) is 34.5 Å². The molecule has 2 aromatic rings. The van der Waals surface area contributed by atoms with Crippen LogP contribution in [0.5, 0.6) is 0 Å². The molecule has 0 heterocycles. The van der Waals surface area contributed by atoms with Gasteiger partial charge in [-0.25, -0.2) is 0 Å². The van der Waals surface area contributed by atoms with Gasteiger partial charge in [0.25, 0.3) is 0 Å². The van der Waals surface area contributed by atoms with E-state index >= 15 is 0 Å². The van der Waals surface area contributed by atoms with Crippen LogP contribution in [0.2, 0.25) is 0 Å². The molecule has 16 heavy (non-hydrogen) atoms. The van der Waals surface area contributed by atoms with Crippen molar-refractivity contribution in [3.05, 3.63) is 40.5 Å². The Morgan fingerprint density at radius 2 is 1.44 bits per heavy atom. The Balaban J connectivity index is 0. The van der Waals surface area contributed by atoms with Crippen molar-refractivity contribution in [3.8, 4) is 0 Å². The fourth-order valence-corrected chi connectivity index (χ4v) is 1.99. The molecule has 0 unspecified atom stereocenters. The molecule has 0 aliphatic heterocycles. The maximum Gasteiger partial charge on any atom is 3.00 e. The van der Waals surface area contributed by atoms with Gasteiger partial charge in [0.2, 0.25) is 0 Å². The molecule has 0 fully saturated rings. The zero-order valence-electron chi connectivity index (χ0n) is 9.99. The summed E-state index contributed by atoms with van der Waals surface area (Å²) in [6.07, 6.45) is 0. The van der Waals surface area contributed by atoms with Crippen LogP contribution in [0.3, 0.4) is 0 Å². The summed E-state index contributed by atoms with van der Waals surface area (Å²) in [5.74, 6) is 0. The Hall–Kier alpha value is 0.293. The minimum absolute atomic E-state index is 0. The minimum atomic E-state index is 0. The number of halogens is 2. The van der Waals surface area contributed by atoms with E-state index < -0.39 is 0 Å². The Morgan fingerprint density at radius 3 is 2.00 bits per heavy atom. The normalized spacial score (nSPS) is 9.00. The zero-order valence-corrected chi connectivity index (χ0v) is 14.0. The summed E-state index contributed by atoms with van der Waals surface area (Å²) in [6, 6.07) is 6.70. The Labute approximate surface area is 129 Å². The first-order valence-electron chi connectivity index (χ1n) is 4.74. The maximum atomic E-state index is 2.27. The number of fused-ring (bicyclic) bond motifs is 1. The topological polar surface area (TPSA) is 0 Å². The average molecular weight is 333 g/mol. The predicted molar refractivity (Wildman–Crippen MR) is 58.5 cm³/mol. The fraction of sp³-hybridized carbons (Fsp3) is 0.308. The van der Waals surface area contributed by atoms with Crippen molar-refractivity contribution in [2.45, 2.75) is 27.7 Å². The summed E-state index contributed by atoms with van der Waals surface area (Å²) in [5, 5.41) is 2.84. The Morgan fingerprint density at radius 1 is 0.875 bits per heavy atom. The van der Waals surface area contributed by atoms with Gasteiger partial charge in [0.1, 0.15) is 0 Å². The van der Waals surface area contributed by atoms with Crippen LogP contribution in [0.1, 0.15) is 22.3 Å². The second-order valence-corrected chi connectivity index (χ2v) is 3.92. The van der Waals surface area contributed by atoms with Gasteiger partial charge in [0.05, 0.1) is 0 Å². The van der Waals surface area contributed by atoms with Gasteiger partial charge in [0, 0.05) is 0 Å². The number of hydrogen-bond donors (Lipinski definition) is 0. The van der Waals surface area contributed by atoms with E-state index in [1.165, 1.54) is 33.0 Å². The van der Waals surface area contributed by atoms with Crippen molar-refractivity contribution in [2.75, 3.05) is 0 Å². The number of benzene rings is 1. The molecule has 0 saturated carbocycles. The molecule has 2 aromatic carbocycles. The fourth-order valence-electron chi connectivity index (χ4n) is 1.99. The van der Waals surface area contributed by atoms with Crippen LogP contribution in [0.15, 0.2) is 18.2 Å². The van der Waals surface area contributed by atoms with Crippen molar-refractivity contribution in [3.63, 3.8) is 0 Å². The molecular weight excluding hydrogens is 318 g/mol. The van der Waals surface area contributed by atoms with E-state index in [0.29, 0.717) is 0 Å². The van der Waals surface area contributed by atoms with Gasteiger partial charge in [-0.3, -0.25) is 0 Å². The molecule has 2 rings (SSSR count). The monoisotopic (exact) mass is 331 g/mol. The van der Waals surface area contributed by atoms with Crippen molar-refractivity contribution in [1.29, 1.82) is 0 Å². The van der Waals surface area contributed by atoms with Gasteiger partial charge in [0.15, 0.2) is 0 Å². The Bertz CT molecular complexity index is 472. The van der Waals surface area contributed by atoms with Gasteiger partial charge in [-0.05, 0) is 13.8 Å². The molecule has 0 atom stereocenters. The third-order valence-corrected chi connectivity index (χ3v) is 3.11. The maximum absolute atomic E-state index is 2.27. The zero-order chi connectivity index (χ0) is 9.59. The third-order valence-electron chi connectivity index (χ3n) is 3.11. The molecule has 0 N–H and O–H groups in total. The van der Waals surface area contributed by atoms with Gasteiger partial charge < -0.3 is 24.8 Å². The average Bonchev–Trinajstić information content (AvgIpc) is 2.37. The SMILES string of the molecule is Cc1ccc2[cH-]c(C)c(C)c2c1C.[Cl-].[Cl-].[Zr+3]. The van der Waals surface area contributed by atoms with Crippen LogP contribution in [0.4, 0.5) is 0 Å². The van der Waals surface area contributed by atoms with E-state index in [-0.39, 0.29) is 51.0 Å². The molecule has 0 aliphatic carbocycles. The van der Waals surface area contributed by atoms with Crippen molar-refractivity contribution in [2.24, 2.45) is 0 Å². The summed E-state index contributed by atoms with van der Waals surface area (Å²) < 4.78 is 0. The number of rotatable bonds is 0. The molecule has 0 nitrogen and oxygen atoms in total. The third kappa shape index (κ3) is 2.94. The van der Waals surface area contributed by atoms with Crippen LogP contribution in [0, 0.1) is 27.7 Å². The molecule has 0 spiro atoms. The first kappa shape index (κ1) is 18.7. The van der Waals surface area contributed by atoms with E-state index in [2.05, 4.69) is 45.9 Å². The van der Waals surface area contributed by atoms with Gasteiger partial charge in [-0.1, -0.05) is 25.0 Å². The van der Waals surface area contributed by atoms with Crippen LogP contribution < -0.4 is 24.8 Å².